The van der Waals surface area contributed by atoms with Crippen LogP contribution in [0.5, 0.6) is 0 Å². The standard InChI is InChI=1S/2C33H44N8O14P2/c1-17-10-25(43)52-22-12-21-19(11-20(17)22)18(2)13-33(3,4)41(21)9-5-6-24(42)35-7-8-36-32(45)54-28-23(14-51-57(49,50)55-56(46,47)48)53-31(27(28)44)40-16-39-26-29(34)37-15-38-30(26)40;1-17-10-25(43)52-22-12-21-19(11-20(17)22)18(2)13-33(3,4)41(21)9-5-6-24(42)35-7-8-36-32(45)54-28-27(44)23(14-51-57(49,50)55-56(46,47)48)53-31(28)40-16-39-26-29(34)37-15-38-30(26)40/h2*10-12,15-16,18,23,27-28,31,44H,5-9,13-14H2,1-4H3,(H,35,42)(H,36,45)(H,49,50)(H2,34,37,38)(H2,46,47,48)/t2*18?,23-,27-,28-,31-/m11/s1. The Morgan fingerprint density at radius 2 is 0.956 bits per heavy atom. The molecule has 48 heteroatoms. The van der Waals surface area contributed by atoms with E-state index in [2.05, 4.69) is 132 Å². The molecule has 2 fully saturated rings. The molecule has 6 aromatic heterocycles. The molecule has 0 saturated carbocycles. The van der Waals surface area contributed by atoms with Gasteiger partial charge in [-0.25, -0.2) is 67.3 Å². The van der Waals surface area contributed by atoms with Gasteiger partial charge in [-0.2, -0.15) is 8.62 Å². The molecule has 4 aliphatic heterocycles. The van der Waals surface area contributed by atoms with E-state index >= 15 is 0 Å². The number of rotatable bonds is 28. The summed E-state index contributed by atoms with van der Waals surface area (Å²) in [6, 6.07) is 10.9. The Morgan fingerprint density at radius 3 is 1.39 bits per heavy atom. The number of aliphatic hydroxyl groups is 2. The number of aromatic nitrogens is 8. The Morgan fingerprint density at radius 1 is 0.553 bits per heavy atom. The van der Waals surface area contributed by atoms with Gasteiger partial charge in [0.25, 0.3) is 0 Å². The fourth-order valence-corrected chi connectivity index (χ4v) is 17.9. The first kappa shape index (κ1) is 85.9. The average Bonchev–Trinajstić information content (AvgIpc) is 1.17. The lowest BCUT2D eigenvalue weighted by molar-refractivity contribution is -0.121. The number of nitrogens with one attached hydrogen (secondary N) is 4. The quantitative estimate of drug-likeness (QED) is 0.0186. The van der Waals surface area contributed by atoms with E-state index in [4.69, 9.17) is 58.8 Å². The zero-order valence-electron chi connectivity index (χ0n) is 62.6. The van der Waals surface area contributed by atoms with Crippen molar-refractivity contribution in [2.24, 2.45) is 0 Å². The van der Waals surface area contributed by atoms with Crippen LogP contribution in [0.1, 0.15) is 127 Å². The maximum absolute atomic E-state index is 12.9. The zero-order valence-corrected chi connectivity index (χ0v) is 66.2. The number of aryl methyl sites for hydroxylation is 2. The Kier molecular flexibility index (Phi) is 25.9. The molecule has 0 bridgehead atoms. The number of anilines is 4. The predicted octanol–water partition coefficient (Wildman–Crippen LogP) is 4.18. The fraction of sp³-hybridized carbons (Fsp3) is 0.515. The molecule has 2 saturated heterocycles. The van der Waals surface area contributed by atoms with Crippen LogP contribution in [-0.4, -0.2) is 203 Å². The van der Waals surface area contributed by atoms with Gasteiger partial charge in [-0.15, -0.1) is 0 Å². The predicted molar refractivity (Wildman–Crippen MR) is 402 cm³/mol. The molecule has 12 atom stereocenters. The van der Waals surface area contributed by atoms with Crippen LogP contribution < -0.4 is 53.8 Å². The Hall–Kier alpha value is -9.00. The number of hydrogen-bond donors (Lipinski definition) is 14. The Labute approximate surface area is 647 Å². The normalized spacial score (nSPS) is 22.9. The fourth-order valence-electron chi connectivity index (χ4n) is 14.7. The molecule has 0 radical (unpaired) electrons. The number of imidazole rings is 2. The number of carbonyl (C=O) groups is 4. The molecule has 10 heterocycles. The number of phosphoric ester groups is 2. The van der Waals surface area contributed by atoms with E-state index < -0.39 is 117 Å². The van der Waals surface area contributed by atoms with Gasteiger partial charge >= 0.3 is 54.7 Å². The average molecular weight is 1680 g/mol. The topological polar surface area (TPSA) is 626 Å². The summed E-state index contributed by atoms with van der Waals surface area (Å²) in [5.74, 6) is 0.0364. The number of aliphatic hydroxyl groups excluding tert-OH is 2. The van der Waals surface area contributed by atoms with E-state index in [-0.39, 0.29) is 108 Å². The number of amides is 4. The van der Waals surface area contributed by atoms with Gasteiger partial charge in [0, 0.05) is 110 Å². The van der Waals surface area contributed by atoms with Crippen LogP contribution >= 0.6 is 31.3 Å². The monoisotopic (exact) mass is 1680 g/mol. The second-order valence-corrected chi connectivity index (χ2v) is 34.6. The van der Waals surface area contributed by atoms with Crippen LogP contribution in [0.3, 0.4) is 0 Å². The van der Waals surface area contributed by atoms with Crippen LogP contribution in [-0.2, 0) is 64.5 Å². The largest absolute Gasteiger partial charge is 0.481 e. The highest BCUT2D eigenvalue weighted by molar-refractivity contribution is 7.61. The van der Waals surface area contributed by atoms with E-state index in [0.29, 0.717) is 37.1 Å². The molecule has 0 spiro atoms. The van der Waals surface area contributed by atoms with Gasteiger partial charge < -0.3 is 110 Å². The number of nitrogens with zero attached hydrogens (tertiary/aromatic N) is 10. The number of phosphoric acid groups is 4. The molecule has 114 heavy (non-hydrogen) atoms. The van der Waals surface area contributed by atoms with Crippen LogP contribution in [0, 0.1) is 13.8 Å². The SMILES string of the molecule is Cc1cc(=O)oc2cc3c(cc12)C(C)CC(C)(C)N3CCCC(=O)NCCNC(=O)O[C@@H]1[C@H](O)[C@@H](COP(=O)(O)OP(=O)(O)O)O[C@H]1n1cnc2c(N)ncnc21.Cc1cc(=O)oc2cc3c(cc12)C(C)CC(C)(C)N3CCCC(=O)NCCNC(=O)O[C@H]1[C@@H](O)[C@H](n2cnc3c(N)ncnc32)O[C@@H]1COP(=O)(O)OP(=O)(O)O. The number of nitrogens with two attached hydrogens (primary N) is 2. The van der Waals surface area contributed by atoms with Gasteiger partial charge in [0.1, 0.15) is 59.3 Å². The highest BCUT2D eigenvalue weighted by Crippen LogP contribution is 2.59. The first-order valence-corrected chi connectivity index (χ1v) is 41.7. The maximum atomic E-state index is 12.9. The zero-order chi connectivity index (χ0) is 82.9. The molecule has 0 aliphatic carbocycles. The molecule has 2 aromatic carbocycles. The van der Waals surface area contributed by atoms with Gasteiger partial charge in [0.15, 0.2) is 47.6 Å². The number of fused-ring (bicyclic) bond motifs is 6. The number of hydrogen-bond acceptors (Lipinski definition) is 32. The number of nitrogen functional groups attached to an aromatic ring is 2. The Balaban J connectivity index is 0.000000225. The molecular weight excluding hydrogens is 1590 g/mol. The summed E-state index contributed by atoms with van der Waals surface area (Å²) in [4.78, 5) is 159. The summed E-state index contributed by atoms with van der Waals surface area (Å²) in [5.41, 5.74) is 17.9. The third-order valence-electron chi connectivity index (χ3n) is 19.6. The van der Waals surface area contributed by atoms with E-state index in [1.165, 1.54) is 33.9 Å². The summed E-state index contributed by atoms with van der Waals surface area (Å²) in [5, 5.41) is 34.4. The van der Waals surface area contributed by atoms with E-state index in [9.17, 15) is 67.0 Å². The third-order valence-corrected chi connectivity index (χ3v) is 23.9. The smallest absolute Gasteiger partial charge is 0.440 e. The summed E-state index contributed by atoms with van der Waals surface area (Å²) in [6.07, 6.45) is -6.45. The minimum absolute atomic E-state index is 0.0144. The van der Waals surface area contributed by atoms with Gasteiger partial charge in [-0.1, -0.05) is 13.8 Å². The maximum Gasteiger partial charge on any atom is 0.481 e. The van der Waals surface area contributed by atoms with Crippen molar-refractivity contribution >= 4 is 123 Å². The number of ether oxygens (including phenoxy) is 4. The van der Waals surface area contributed by atoms with Crippen molar-refractivity contribution in [2.75, 3.05) is 73.7 Å². The lowest BCUT2D eigenvalue weighted by Gasteiger charge is -2.47. The minimum Gasteiger partial charge on any atom is -0.440 e. The number of benzene rings is 2. The van der Waals surface area contributed by atoms with E-state index in [0.717, 1.165) is 69.9 Å². The molecule has 44 nitrogen and oxygen atoms in total. The lowest BCUT2D eigenvalue weighted by atomic mass is 9.79. The molecule has 4 aliphatic rings. The van der Waals surface area contributed by atoms with Crippen molar-refractivity contribution in [3.8, 4) is 0 Å². The van der Waals surface area contributed by atoms with Crippen molar-refractivity contribution in [1.29, 1.82) is 0 Å². The van der Waals surface area contributed by atoms with Gasteiger partial charge in [-0.05, 0) is 113 Å². The highest BCUT2D eigenvalue weighted by Gasteiger charge is 2.51. The molecular formula is C66H88N16O28P4. The molecule has 12 rings (SSSR count). The van der Waals surface area contributed by atoms with Crippen LogP contribution in [0.25, 0.3) is 44.3 Å². The minimum atomic E-state index is -5.45. The van der Waals surface area contributed by atoms with E-state index in [1.54, 1.807) is 0 Å². The summed E-state index contributed by atoms with van der Waals surface area (Å²) in [6.45, 7) is 15.8. The van der Waals surface area contributed by atoms with Crippen LogP contribution in [0.15, 0.2) is 80.1 Å². The van der Waals surface area contributed by atoms with Gasteiger partial charge in [0.2, 0.25) is 11.8 Å². The molecule has 8 aromatic rings. The lowest BCUT2D eigenvalue weighted by Crippen LogP contribution is -2.49. The van der Waals surface area contributed by atoms with Gasteiger partial charge in [-0.3, -0.25) is 27.8 Å². The van der Waals surface area contributed by atoms with Crippen LogP contribution in [0.2, 0.25) is 0 Å². The molecule has 4 amide bonds. The molecule has 16 N–H and O–H groups in total. The first-order chi connectivity index (χ1) is 53.5. The van der Waals surface area contributed by atoms with Crippen LogP contribution in [0.4, 0.5) is 32.6 Å². The second kappa shape index (κ2) is 34.4. The van der Waals surface area contributed by atoms with Crippen molar-refractivity contribution in [1.82, 2.24) is 60.3 Å². The summed E-state index contributed by atoms with van der Waals surface area (Å²) < 4.78 is 99.3. The third kappa shape index (κ3) is 20.4. The number of alkyl carbamates (subject to hydrolysis) is 2. The van der Waals surface area contributed by atoms with Crippen molar-refractivity contribution in [3.05, 3.63) is 105 Å². The molecule has 620 valence electrons. The molecule has 4 unspecified atom stereocenters. The van der Waals surface area contributed by atoms with Gasteiger partial charge in [0.05, 0.1) is 25.9 Å². The van der Waals surface area contributed by atoms with Crippen molar-refractivity contribution in [3.63, 3.8) is 0 Å². The summed E-state index contributed by atoms with van der Waals surface area (Å²) in [7, 11) is -21.6. The highest BCUT2D eigenvalue weighted by atomic mass is 31.3. The van der Waals surface area contributed by atoms with Crippen molar-refractivity contribution in [2.45, 2.75) is 166 Å². The van der Waals surface area contributed by atoms with E-state index in [1.807, 2.05) is 26.0 Å². The Bertz CT molecular complexity index is 5270. The van der Waals surface area contributed by atoms with Crippen molar-refractivity contribution < 1.29 is 122 Å². The summed E-state index contributed by atoms with van der Waals surface area (Å²) >= 11 is 0. The number of carbonyl (C=O) groups excluding carboxylic acids is 4. The first-order valence-electron chi connectivity index (χ1n) is 35.6. The second-order valence-electron chi connectivity index (χ2n) is 28.9.